The van der Waals surface area contributed by atoms with Gasteiger partial charge in [0.15, 0.2) is 0 Å². The van der Waals surface area contributed by atoms with Crippen molar-refractivity contribution >= 4 is 5.97 Å². The number of ether oxygens (including phenoxy) is 1. The van der Waals surface area contributed by atoms with Crippen LogP contribution in [0.4, 0.5) is 0 Å². The highest BCUT2D eigenvalue weighted by Gasteiger charge is 2.25. The number of aliphatic hydroxyl groups is 1. The summed E-state index contributed by atoms with van der Waals surface area (Å²) in [7, 11) is 0. The molecule has 0 radical (unpaired) electrons. The SMILES string of the molecule is CC(C)C(C)(O)COc1cccc(CC(=O)O)c1. The fourth-order valence-electron chi connectivity index (χ4n) is 1.32. The highest BCUT2D eigenvalue weighted by Crippen LogP contribution is 2.20. The van der Waals surface area contributed by atoms with Gasteiger partial charge in [0.2, 0.25) is 0 Å². The van der Waals surface area contributed by atoms with Crippen LogP contribution in [-0.2, 0) is 11.2 Å². The maximum Gasteiger partial charge on any atom is 0.307 e. The van der Waals surface area contributed by atoms with Gasteiger partial charge in [-0.25, -0.2) is 0 Å². The Labute approximate surface area is 107 Å². The molecule has 0 aliphatic heterocycles. The largest absolute Gasteiger partial charge is 0.491 e. The van der Waals surface area contributed by atoms with Crippen LogP contribution in [0.2, 0.25) is 0 Å². The summed E-state index contributed by atoms with van der Waals surface area (Å²) in [6.07, 6.45) is -0.0300. The van der Waals surface area contributed by atoms with Crippen molar-refractivity contribution in [2.45, 2.75) is 32.8 Å². The first kappa shape index (κ1) is 14.5. The molecule has 100 valence electrons. The van der Waals surface area contributed by atoms with E-state index in [-0.39, 0.29) is 18.9 Å². The molecule has 0 amide bonds. The molecule has 18 heavy (non-hydrogen) atoms. The lowest BCUT2D eigenvalue weighted by atomic mass is 9.94. The van der Waals surface area contributed by atoms with Gasteiger partial charge in [-0.15, -0.1) is 0 Å². The van der Waals surface area contributed by atoms with E-state index in [2.05, 4.69) is 0 Å². The van der Waals surface area contributed by atoms with Crippen molar-refractivity contribution in [3.8, 4) is 5.75 Å². The van der Waals surface area contributed by atoms with Gasteiger partial charge in [-0.05, 0) is 30.5 Å². The molecule has 0 saturated carbocycles. The zero-order valence-electron chi connectivity index (χ0n) is 11.0. The highest BCUT2D eigenvalue weighted by atomic mass is 16.5. The molecule has 0 fully saturated rings. The van der Waals surface area contributed by atoms with E-state index in [9.17, 15) is 9.90 Å². The van der Waals surface area contributed by atoms with Crippen LogP contribution in [0, 0.1) is 5.92 Å². The fraction of sp³-hybridized carbons (Fsp3) is 0.500. The van der Waals surface area contributed by atoms with E-state index in [1.807, 2.05) is 13.8 Å². The van der Waals surface area contributed by atoms with E-state index in [1.165, 1.54) is 0 Å². The van der Waals surface area contributed by atoms with Gasteiger partial charge in [-0.3, -0.25) is 4.79 Å². The lowest BCUT2D eigenvalue weighted by Crippen LogP contribution is -2.37. The highest BCUT2D eigenvalue weighted by molar-refractivity contribution is 5.70. The first-order valence-corrected chi connectivity index (χ1v) is 5.97. The van der Waals surface area contributed by atoms with Crippen LogP contribution >= 0.6 is 0 Å². The van der Waals surface area contributed by atoms with E-state index in [1.54, 1.807) is 31.2 Å². The van der Waals surface area contributed by atoms with E-state index < -0.39 is 11.6 Å². The molecule has 1 unspecified atom stereocenters. The molecular formula is C14H20O4. The summed E-state index contributed by atoms with van der Waals surface area (Å²) in [5.41, 5.74) is -0.216. The summed E-state index contributed by atoms with van der Waals surface area (Å²) >= 11 is 0. The Morgan fingerprint density at radius 3 is 2.67 bits per heavy atom. The predicted octanol–water partition coefficient (Wildman–Crippen LogP) is 2.10. The van der Waals surface area contributed by atoms with Gasteiger partial charge in [0.25, 0.3) is 0 Å². The van der Waals surface area contributed by atoms with Crippen molar-refractivity contribution in [2.75, 3.05) is 6.61 Å². The molecule has 0 aliphatic rings. The minimum Gasteiger partial charge on any atom is -0.491 e. The second-order valence-electron chi connectivity index (χ2n) is 5.02. The number of hydrogen-bond acceptors (Lipinski definition) is 3. The van der Waals surface area contributed by atoms with Crippen molar-refractivity contribution in [1.29, 1.82) is 0 Å². The predicted molar refractivity (Wildman–Crippen MR) is 68.7 cm³/mol. The van der Waals surface area contributed by atoms with Gasteiger partial charge in [0, 0.05) is 0 Å². The minimum atomic E-state index is -0.900. The van der Waals surface area contributed by atoms with Crippen molar-refractivity contribution in [1.82, 2.24) is 0 Å². The lowest BCUT2D eigenvalue weighted by molar-refractivity contribution is -0.136. The average Bonchev–Trinajstić information content (AvgIpc) is 2.26. The van der Waals surface area contributed by atoms with Crippen LogP contribution in [0.5, 0.6) is 5.75 Å². The van der Waals surface area contributed by atoms with Crippen LogP contribution < -0.4 is 4.74 Å². The summed E-state index contributed by atoms with van der Waals surface area (Å²) in [4.78, 5) is 10.6. The molecule has 0 bridgehead atoms. The standard InChI is InChI=1S/C14H20O4/c1-10(2)14(3,17)9-18-12-6-4-5-11(7-12)8-13(15)16/h4-7,10,17H,8-9H2,1-3H3,(H,15,16). The number of carboxylic acid groups (broad SMARTS) is 1. The Bertz CT molecular complexity index is 410. The van der Waals surface area contributed by atoms with E-state index in [0.29, 0.717) is 11.3 Å². The van der Waals surface area contributed by atoms with Gasteiger partial charge >= 0.3 is 5.97 Å². The van der Waals surface area contributed by atoms with Crippen LogP contribution in [-0.4, -0.2) is 28.4 Å². The molecule has 1 rings (SSSR count). The van der Waals surface area contributed by atoms with Crippen LogP contribution in [0.1, 0.15) is 26.3 Å². The summed E-state index contributed by atoms with van der Waals surface area (Å²) in [6.45, 7) is 5.74. The molecule has 0 saturated heterocycles. The van der Waals surface area contributed by atoms with E-state index >= 15 is 0 Å². The molecular weight excluding hydrogens is 232 g/mol. The van der Waals surface area contributed by atoms with Crippen molar-refractivity contribution in [3.05, 3.63) is 29.8 Å². The smallest absolute Gasteiger partial charge is 0.307 e. The van der Waals surface area contributed by atoms with Crippen molar-refractivity contribution in [3.63, 3.8) is 0 Å². The second kappa shape index (κ2) is 5.87. The Hall–Kier alpha value is -1.55. The monoisotopic (exact) mass is 252 g/mol. The third-order valence-electron chi connectivity index (χ3n) is 3.03. The van der Waals surface area contributed by atoms with Crippen LogP contribution in [0.15, 0.2) is 24.3 Å². The molecule has 1 aromatic rings. The zero-order valence-corrected chi connectivity index (χ0v) is 11.0. The number of hydrogen-bond donors (Lipinski definition) is 2. The number of carboxylic acids is 1. The average molecular weight is 252 g/mol. The third kappa shape index (κ3) is 4.37. The Morgan fingerprint density at radius 2 is 2.11 bits per heavy atom. The molecule has 0 aliphatic carbocycles. The van der Waals surface area contributed by atoms with Gasteiger partial charge in [-0.1, -0.05) is 26.0 Å². The fourth-order valence-corrected chi connectivity index (χ4v) is 1.32. The second-order valence-corrected chi connectivity index (χ2v) is 5.02. The summed E-state index contributed by atoms with van der Waals surface area (Å²) in [5, 5.41) is 18.8. The molecule has 4 heteroatoms. The first-order chi connectivity index (χ1) is 8.31. The van der Waals surface area contributed by atoms with Gasteiger partial charge < -0.3 is 14.9 Å². The maximum absolute atomic E-state index is 10.6. The number of rotatable bonds is 6. The van der Waals surface area contributed by atoms with Crippen molar-refractivity contribution < 1.29 is 19.7 Å². The van der Waals surface area contributed by atoms with Crippen molar-refractivity contribution in [2.24, 2.45) is 5.92 Å². The quantitative estimate of drug-likeness (QED) is 0.813. The first-order valence-electron chi connectivity index (χ1n) is 5.97. The Balaban J connectivity index is 2.65. The molecule has 0 aromatic heterocycles. The Morgan fingerprint density at radius 1 is 1.44 bits per heavy atom. The van der Waals surface area contributed by atoms with Crippen LogP contribution in [0.25, 0.3) is 0 Å². The number of aliphatic carboxylic acids is 1. The molecule has 0 heterocycles. The van der Waals surface area contributed by atoms with E-state index in [4.69, 9.17) is 9.84 Å². The molecule has 4 nitrogen and oxygen atoms in total. The molecule has 0 spiro atoms. The summed E-state index contributed by atoms with van der Waals surface area (Å²) in [6, 6.07) is 6.92. The van der Waals surface area contributed by atoms with Crippen LogP contribution in [0.3, 0.4) is 0 Å². The van der Waals surface area contributed by atoms with Gasteiger partial charge in [0.05, 0.1) is 12.0 Å². The van der Waals surface area contributed by atoms with Gasteiger partial charge in [-0.2, -0.15) is 0 Å². The third-order valence-corrected chi connectivity index (χ3v) is 3.03. The Kier molecular flexibility index (Phi) is 4.73. The molecule has 2 N–H and O–H groups in total. The zero-order chi connectivity index (χ0) is 13.8. The summed E-state index contributed by atoms with van der Waals surface area (Å²) in [5.74, 6) is -0.212. The lowest BCUT2D eigenvalue weighted by Gasteiger charge is -2.27. The molecule has 1 aromatic carbocycles. The summed E-state index contributed by atoms with van der Waals surface area (Å²) < 4.78 is 5.51. The normalized spacial score (nSPS) is 14.3. The maximum atomic E-state index is 10.6. The molecule has 1 atom stereocenters. The number of benzene rings is 1. The minimum absolute atomic E-state index is 0.0300. The van der Waals surface area contributed by atoms with Gasteiger partial charge in [0.1, 0.15) is 12.4 Å². The van der Waals surface area contributed by atoms with E-state index in [0.717, 1.165) is 0 Å². The topological polar surface area (TPSA) is 66.8 Å². The number of carbonyl (C=O) groups is 1.